The molecule has 0 saturated carbocycles. The molecule has 0 radical (unpaired) electrons. The standard InChI is InChI=1S/C15H17N3O/c1-9-10(2)17-18(11(9)3)15-7-13(8-16)5-6-14(15)12(4)19/h5-7,12,19H,1-4H3/t12-/m1/s1. The van der Waals surface area contributed by atoms with Crippen molar-refractivity contribution in [2.45, 2.75) is 33.8 Å². The molecule has 2 rings (SSSR count). The number of nitriles is 1. The second-order valence-corrected chi connectivity index (χ2v) is 4.77. The Bertz CT molecular complexity index is 663. The van der Waals surface area contributed by atoms with Gasteiger partial charge in [0.2, 0.25) is 0 Å². The Morgan fingerprint density at radius 3 is 2.47 bits per heavy atom. The first-order chi connectivity index (χ1) is 8.95. The van der Waals surface area contributed by atoms with E-state index in [9.17, 15) is 5.11 Å². The third kappa shape index (κ3) is 2.25. The molecule has 19 heavy (non-hydrogen) atoms. The number of aromatic nitrogens is 2. The van der Waals surface area contributed by atoms with Crippen LogP contribution in [0.3, 0.4) is 0 Å². The van der Waals surface area contributed by atoms with Crippen molar-refractivity contribution in [1.82, 2.24) is 9.78 Å². The van der Waals surface area contributed by atoms with Crippen LogP contribution in [0, 0.1) is 32.1 Å². The first-order valence-corrected chi connectivity index (χ1v) is 6.21. The zero-order chi connectivity index (χ0) is 14.2. The monoisotopic (exact) mass is 255 g/mol. The van der Waals surface area contributed by atoms with Crippen LogP contribution in [0.4, 0.5) is 0 Å². The molecule has 1 atom stereocenters. The van der Waals surface area contributed by atoms with Crippen LogP contribution in [-0.2, 0) is 0 Å². The van der Waals surface area contributed by atoms with Crippen molar-refractivity contribution in [3.05, 3.63) is 46.3 Å². The zero-order valence-corrected chi connectivity index (χ0v) is 11.6. The molecule has 0 aliphatic carbocycles. The Morgan fingerprint density at radius 1 is 1.32 bits per heavy atom. The quantitative estimate of drug-likeness (QED) is 0.897. The molecular weight excluding hydrogens is 238 g/mol. The highest BCUT2D eigenvalue weighted by Crippen LogP contribution is 2.25. The normalized spacial score (nSPS) is 12.2. The summed E-state index contributed by atoms with van der Waals surface area (Å²) in [7, 11) is 0. The number of hydrogen-bond donors (Lipinski definition) is 1. The summed E-state index contributed by atoms with van der Waals surface area (Å²) in [5, 5.41) is 23.4. The molecule has 1 aromatic heterocycles. The highest BCUT2D eigenvalue weighted by molar-refractivity contribution is 5.49. The van der Waals surface area contributed by atoms with E-state index in [4.69, 9.17) is 5.26 Å². The number of aryl methyl sites for hydroxylation is 1. The summed E-state index contributed by atoms with van der Waals surface area (Å²) in [5.41, 5.74) is 5.20. The number of benzene rings is 1. The number of aliphatic hydroxyl groups is 1. The molecule has 0 fully saturated rings. The minimum Gasteiger partial charge on any atom is -0.389 e. The highest BCUT2D eigenvalue weighted by Gasteiger charge is 2.15. The third-order valence-electron chi connectivity index (χ3n) is 3.49. The molecule has 0 unspecified atom stereocenters. The van der Waals surface area contributed by atoms with Gasteiger partial charge in [0.1, 0.15) is 0 Å². The largest absolute Gasteiger partial charge is 0.389 e. The average molecular weight is 255 g/mol. The van der Waals surface area contributed by atoms with Gasteiger partial charge in [-0.1, -0.05) is 6.07 Å². The van der Waals surface area contributed by atoms with E-state index in [-0.39, 0.29) is 0 Å². The second kappa shape index (κ2) is 4.87. The molecule has 1 N–H and O–H groups in total. The predicted molar refractivity (Wildman–Crippen MR) is 73.1 cm³/mol. The maximum Gasteiger partial charge on any atom is 0.0992 e. The van der Waals surface area contributed by atoms with Crippen molar-refractivity contribution < 1.29 is 5.11 Å². The molecule has 0 aliphatic heterocycles. The second-order valence-electron chi connectivity index (χ2n) is 4.77. The van der Waals surface area contributed by atoms with E-state index in [1.807, 2.05) is 20.8 Å². The van der Waals surface area contributed by atoms with Crippen molar-refractivity contribution in [2.24, 2.45) is 0 Å². The Hall–Kier alpha value is -2.12. The van der Waals surface area contributed by atoms with Gasteiger partial charge in [-0.3, -0.25) is 0 Å². The van der Waals surface area contributed by atoms with Gasteiger partial charge in [-0.2, -0.15) is 10.4 Å². The lowest BCUT2D eigenvalue weighted by molar-refractivity contribution is 0.199. The molecule has 1 aromatic carbocycles. The van der Waals surface area contributed by atoms with Crippen LogP contribution in [0.5, 0.6) is 0 Å². The van der Waals surface area contributed by atoms with Crippen LogP contribution in [0.15, 0.2) is 18.2 Å². The van der Waals surface area contributed by atoms with Crippen molar-refractivity contribution in [1.29, 1.82) is 5.26 Å². The molecule has 2 aromatic rings. The minimum absolute atomic E-state index is 0.560. The molecule has 0 saturated heterocycles. The summed E-state index contributed by atoms with van der Waals surface area (Å²) in [5.74, 6) is 0. The van der Waals surface area contributed by atoms with Gasteiger partial charge >= 0.3 is 0 Å². The van der Waals surface area contributed by atoms with Gasteiger partial charge in [-0.15, -0.1) is 0 Å². The average Bonchev–Trinajstić information content (AvgIpc) is 2.65. The fourth-order valence-electron chi connectivity index (χ4n) is 2.11. The molecule has 4 heteroatoms. The van der Waals surface area contributed by atoms with Gasteiger partial charge in [-0.05, 0) is 45.4 Å². The van der Waals surface area contributed by atoms with Gasteiger partial charge in [-0.25, -0.2) is 4.68 Å². The first-order valence-electron chi connectivity index (χ1n) is 6.21. The van der Waals surface area contributed by atoms with Crippen LogP contribution in [-0.4, -0.2) is 14.9 Å². The summed E-state index contributed by atoms with van der Waals surface area (Å²) < 4.78 is 1.80. The summed E-state index contributed by atoms with van der Waals surface area (Å²) in [6.45, 7) is 7.67. The molecule has 1 heterocycles. The Kier molecular flexibility index (Phi) is 3.41. The lowest BCUT2D eigenvalue weighted by atomic mass is 10.1. The summed E-state index contributed by atoms with van der Waals surface area (Å²) in [6, 6.07) is 7.38. The van der Waals surface area contributed by atoms with Crippen LogP contribution >= 0.6 is 0 Å². The van der Waals surface area contributed by atoms with Gasteiger partial charge in [0.05, 0.1) is 29.1 Å². The molecule has 98 valence electrons. The molecule has 0 bridgehead atoms. The van der Waals surface area contributed by atoms with E-state index in [1.165, 1.54) is 0 Å². The maximum atomic E-state index is 9.87. The maximum absolute atomic E-state index is 9.87. The number of hydrogen-bond acceptors (Lipinski definition) is 3. The first kappa shape index (κ1) is 13.3. The molecule has 0 amide bonds. The zero-order valence-electron chi connectivity index (χ0n) is 11.6. The Balaban J connectivity index is 2.72. The van der Waals surface area contributed by atoms with Crippen molar-refractivity contribution in [2.75, 3.05) is 0 Å². The van der Waals surface area contributed by atoms with Gasteiger partial charge in [0.25, 0.3) is 0 Å². The molecule has 0 spiro atoms. The van der Waals surface area contributed by atoms with Crippen molar-refractivity contribution in [3.8, 4) is 11.8 Å². The molecule has 4 nitrogen and oxygen atoms in total. The SMILES string of the molecule is Cc1nn(-c2cc(C#N)ccc2[C@@H](C)O)c(C)c1C. The number of nitrogens with zero attached hydrogens (tertiary/aromatic N) is 3. The molecular formula is C15H17N3O. The third-order valence-corrected chi connectivity index (χ3v) is 3.49. The highest BCUT2D eigenvalue weighted by atomic mass is 16.3. The summed E-state index contributed by atoms with van der Waals surface area (Å²) in [4.78, 5) is 0. The van der Waals surface area contributed by atoms with Gasteiger partial charge < -0.3 is 5.11 Å². The summed E-state index contributed by atoms with van der Waals surface area (Å²) in [6.07, 6.45) is -0.605. The Morgan fingerprint density at radius 2 is 2.00 bits per heavy atom. The van der Waals surface area contributed by atoms with E-state index >= 15 is 0 Å². The lowest BCUT2D eigenvalue weighted by Gasteiger charge is -2.14. The smallest absolute Gasteiger partial charge is 0.0992 e. The number of aliphatic hydroxyl groups excluding tert-OH is 1. The van der Waals surface area contributed by atoms with Crippen LogP contribution in [0.25, 0.3) is 5.69 Å². The summed E-state index contributed by atoms with van der Waals surface area (Å²) >= 11 is 0. The van der Waals surface area contributed by atoms with Crippen LogP contribution in [0.2, 0.25) is 0 Å². The Labute approximate surface area is 112 Å². The number of rotatable bonds is 2. The van der Waals surface area contributed by atoms with Crippen molar-refractivity contribution >= 4 is 0 Å². The lowest BCUT2D eigenvalue weighted by Crippen LogP contribution is -2.06. The van der Waals surface area contributed by atoms with Gasteiger partial charge in [0, 0.05) is 11.3 Å². The topological polar surface area (TPSA) is 61.8 Å². The van der Waals surface area contributed by atoms with E-state index in [0.29, 0.717) is 5.56 Å². The van der Waals surface area contributed by atoms with E-state index in [1.54, 1.807) is 29.8 Å². The van der Waals surface area contributed by atoms with Crippen molar-refractivity contribution in [3.63, 3.8) is 0 Å². The van der Waals surface area contributed by atoms with Crippen LogP contribution < -0.4 is 0 Å². The van der Waals surface area contributed by atoms with E-state index in [0.717, 1.165) is 28.2 Å². The van der Waals surface area contributed by atoms with E-state index < -0.39 is 6.10 Å². The fraction of sp³-hybridized carbons (Fsp3) is 0.333. The van der Waals surface area contributed by atoms with Gasteiger partial charge in [0.15, 0.2) is 0 Å². The van der Waals surface area contributed by atoms with E-state index in [2.05, 4.69) is 11.2 Å². The fourth-order valence-corrected chi connectivity index (χ4v) is 2.11. The minimum atomic E-state index is -0.605. The van der Waals surface area contributed by atoms with Crippen LogP contribution in [0.1, 0.15) is 41.1 Å². The molecule has 0 aliphatic rings. The predicted octanol–water partition coefficient (Wildman–Crippen LogP) is 2.72.